The normalized spacial score (nSPS) is 21.8. The highest BCUT2D eigenvalue weighted by molar-refractivity contribution is 7.91. The van der Waals surface area contributed by atoms with Crippen LogP contribution in [0, 0.1) is 0 Å². The number of fused-ring (bicyclic) bond motifs is 1. The molecular weight excluding hydrogens is 390 g/mol. The van der Waals surface area contributed by atoms with Crippen LogP contribution in [0.1, 0.15) is 38.8 Å². The summed E-state index contributed by atoms with van der Waals surface area (Å²) in [4.78, 5) is 11.6. The van der Waals surface area contributed by atoms with E-state index in [1.54, 1.807) is 19.2 Å². The Morgan fingerprint density at radius 1 is 1.44 bits per heavy atom. The van der Waals surface area contributed by atoms with Crippen LogP contribution in [0.4, 0.5) is 0 Å². The Labute approximate surface area is 162 Å². The zero-order valence-electron chi connectivity index (χ0n) is 15.3. The maximum absolute atomic E-state index is 11.6. The van der Waals surface area contributed by atoms with E-state index in [1.165, 1.54) is 6.26 Å². The fraction of sp³-hybridized carbons (Fsp3) is 0.529. The van der Waals surface area contributed by atoms with Crippen LogP contribution >= 0.6 is 11.6 Å². The van der Waals surface area contributed by atoms with Crippen LogP contribution < -0.4 is 4.74 Å². The van der Waals surface area contributed by atoms with Crippen molar-refractivity contribution < 1.29 is 13.2 Å². The second kappa shape index (κ2) is 7.14. The Balaban J connectivity index is 2.02. The fourth-order valence-corrected chi connectivity index (χ4v) is 4.27. The first-order valence-electron chi connectivity index (χ1n) is 8.55. The van der Waals surface area contributed by atoms with Gasteiger partial charge in [0, 0.05) is 30.2 Å². The molecule has 0 aromatic carbocycles. The van der Waals surface area contributed by atoms with Gasteiger partial charge in [0.1, 0.15) is 11.3 Å². The molecule has 2 aromatic heterocycles. The number of ether oxygens (including phenoxy) is 1. The number of rotatable bonds is 6. The van der Waals surface area contributed by atoms with Gasteiger partial charge in [-0.1, -0.05) is 23.6 Å². The lowest BCUT2D eigenvalue weighted by molar-refractivity contribution is 0.119. The highest BCUT2D eigenvalue weighted by atomic mass is 35.5. The van der Waals surface area contributed by atoms with Crippen molar-refractivity contribution in [2.45, 2.75) is 50.0 Å². The number of sulfone groups is 1. The van der Waals surface area contributed by atoms with E-state index in [1.807, 2.05) is 13.0 Å². The molecule has 1 atom stereocenters. The van der Waals surface area contributed by atoms with Crippen LogP contribution in [0.15, 0.2) is 23.4 Å². The Bertz CT molecular complexity index is 1030. The van der Waals surface area contributed by atoms with E-state index < -0.39 is 15.4 Å². The third-order valence-corrected chi connectivity index (χ3v) is 6.89. The highest BCUT2D eigenvalue weighted by Gasteiger charge is 2.38. The maximum atomic E-state index is 11.6. The summed E-state index contributed by atoms with van der Waals surface area (Å²) in [5.41, 5.74) is 8.65. The molecule has 1 aliphatic carbocycles. The smallest absolute Gasteiger partial charge is 0.223 e. The van der Waals surface area contributed by atoms with Crippen molar-refractivity contribution in [3.63, 3.8) is 0 Å². The monoisotopic (exact) mass is 409 g/mol. The van der Waals surface area contributed by atoms with E-state index in [4.69, 9.17) is 21.9 Å². The van der Waals surface area contributed by atoms with Crippen molar-refractivity contribution in [1.29, 1.82) is 0 Å². The summed E-state index contributed by atoms with van der Waals surface area (Å²) in [5.74, 6) is 0.344. The number of pyridine rings is 2. The predicted octanol–water partition coefficient (Wildman–Crippen LogP) is 4.17. The third kappa shape index (κ3) is 3.95. The average molecular weight is 410 g/mol. The molecule has 27 heavy (non-hydrogen) atoms. The standard InChI is InChI=1S/C17H20ClN5O3S/c1-4-17(2,22-23-19)14-5-10-6-15(18)20-9-13(10)16(21-14)26-11-7-12(8-11)27(3,24)25/h5-6,9,11-12H,4,7-8H2,1-3H3/t11?,12?,17-/m1/s1. The number of nitrogens with zero attached hydrogens (tertiary/aromatic N) is 5. The van der Waals surface area contributed by atoms with Gasteiger partial charge in [0.2, 0.25) is 5.88 Å². The van der Waals surface area contributed by atoms with Gasteiger partial charge in [-0.15, -0.1) is 0 Å². The topological polar surface area (TPSA) is 118 Å². The van der Waals surface area contributed by atoms with Gasteiger partial charge in [-0.2, -0.15) is 0 Å². The predicted molar refractivity (Wildman–Crippen MR) is 104 cm³/mol. The quantitative estimate of drug-likeness (QED) is 0.307. The molecule has 144 valence electrons. The van der Waals surface area contributed by atoms with Crippen LogP contribution in [0.5, 0.6) is 5.88 Å². The first-order chi connectivity index (χ1) is 12.7. The molecule has 1 saturated carbocycles. The second-order valence-corrected chi connectivity index (χ2v) is 9.73. The van der Waals surface area contributed by atoms with Gasteiger partial charge in [-0.3, -0.25) is 0 Å². The Morgan fingerprint density at radius 2 is 2.15 bits per heavy atom. The lowest BCUT2D eigenvalue weighted by Gasteiger charge is -2.34. The van der Waals surface area contributed by atoms with Crippen LogP contribution in [0.2, 0.25) is 5.15 Å². The van der Waals surface area contributed by atoms with Gasteiger partial charge in [0.15, 0.2) is 9.84 Å². The number of halogens is 1. The molecule has 2 aromatic rings. The van der Waals surface area contributed by atoms with E-state index in [-0.39, 0.29) is 11.4 Å². The lowest BCUT2D eigenvalue weighted by atomic mass is 9.93. The number of aromatic nitrogens is 2. The minimum atomic E-state index is -3.07. The summed E-state index contributed by atoms with van der Waals surface area (Å²) >= 11 is 6.03. The molecule has 0 N–H and O–H groups in total. The van der Waals surface area contributed by atoms with Crippen molar-refractivity contribution >= 4 is 32.2 Å². The van der Waals surface area contributed by atoms with E-state index in [0.29, 0.717) is 41.4 Å². The number of hydrogen-bond acceptors (Lipinski definition) is 6. The Hall–Kier alpha value is -2.09. The summed E-state index contributed by atoms with van der Waals surface area (Å²) in [6.45, 7) is 3.71. The molecule has 10 heteroatoms. The van der Waals surface area contributed by atoms with Crippen molar-refractivity contribution in [1.82, 2.24) is 9.97 Å². The van der Waals surface area contributed by atoms with E-state index in [0.717, 1.165) is 5.39 Å². The van der Waals surface area contributed by atoms with Crippen LogP contribution in [-0.4, -0.2) is 36.0 Å². The fourth-order valence-electron chi connectivity index (χ4n) is 2.98. The van der Waals surface area contributed by atoms with Gasteiger partial charge < -0.3 is 4.74 Å². The summed E-state index contributed by atoms with van der Waals surface area (Å²) in [7, 11) is -3.07. The zero-order chi connectivity index (χ0) is 19.8. The highest BCUT2D eigenvalue weighted by Crippen LogP contribution is 2.37. The molecule has 1 fully saturated rings. The molecule has 0 spiro atoms. The second-order valence-electron chi connectivity index (χ2n) is 7.02. The third-order valence-electron chi connectivity index (χ3n) is 5.09. The van der Waals surface area contributed by atoms with Gasteiger partial charge in [0.05, 0.1) is 21.9 Å². The van der Waals surface area contributed by atoms with E-state index in [2.05, 4.69) is 20.0 Å². The summed E-state index contributed by atoms with van der Waals surface area (Å²) in [5, 5.41) is 5.29. The summed E-state index contributed by atoms with van der Waals surface area (Å²) in [6.07, 6.45) is 3.98. The molecule has 0 radical (unpaired) electrons. The molecule has 8 nitrogen and oxygen atoms in total. The average Bonchev–Trinajstić information content (AvgIpc) is 2.55. The number of azide groups is 1. The molecule has 0 saturated heterocycles. The molecule has 3 rings (SSSR count). The lowest BCUT2D eigenvalue weighted by Crippen LogP contribution is -2.42. The SMILES string of the molecule is CC[C@@](C)(N=[N+]=[N-])c1cc2cc(Cl)ncc2c(OC2CC(S(C)(=O)=O)C2)n1. The largest absolute Gasteiger partial charge is 0.474 e. The van der Waals surface area contributed by atoms with Crippen LogP contribution in [0.3, 0.4) is 0 Å². The van der Waals surface area contributed by atoms with Crippen LogP contribution in [0.25, 0.3) is 21.2 Å². The summed E-state index contributed by atoms with van der Waals surface area (Å²) in [6, 6.07) is 3.51. The van der Waals surface area contributed by atoms with Crippen molar-refractivity contribution in [2.75, 3.05) is 6.26 Å². The van der Waals surface area contributed by atoms with Crippen molar-refractivity contribution in [2.24, 2.45) is 5.11 Å². The van der Waals surface area contributed by atoms with Crippen molar-refractivity contribution in [3.8, 4) is 5.88 Å². The minimum Gasteiger partial charge on any atom is -0.474 e. The van der Waals surface area contributed by atoms with Gasteiger partial charge in [-0.05, 0) is 36.4 Å². The zero-order valence-corrected chi connectivity index (χ0v) is 16.8. The first kappa shape index (κ1) is 19.7. The Kier molecular flexibility index (Phi) is 5.20. The van der Waals surface area contributed by atoms with Crippen molar-refractivity contribution in [3.05, 3.63) is 39.6 Å². The molecule has 0 amide bonds. The first-order valence-corrected chi connectivity index (χ1v) is 10.9. The maximum Gasteiger partial charge on any atom is 0.223 e. The Morgan fingerprint density at radius 3 is 2.74 bits per heavy atom. The van der Waals surface area contributed by atoms with Gasteiger partial charge in [-0.25, -0.2) is 18.4 Å². The molecule has 2 heterocycles. The van der Waals surface area contributed by atoms with E-state index in [9.17, 15) is 8.42 Å². The van der Waals surface area contributed by atoms with Crippen LogP contribution in [-0.2, 0) is 15.4 Å². The minimum absolute atomic E-state index is 0.237. The molecule has 0 aliphatic heterocycles. The number of hydrogen-bond donors (Lipinski definition) is 0. The molecule has 1 aliphatic rings. The molecule has 0 unspecified atom stereocenters. The van der Waals surface area contributed by atoms with Gasteiger partial charge in [0.25, 0.3) is 0 Å². The molecule has 0 bridgehead atoms. The van der Waals surface area contributed by atoms with Gasteiger partial charge >= 0.3 is 0 Å². The summed E-state index contributed by atoms with van der Waals surface area (Å²) < 4.78 is 29.2. The van der Waals surface area contributed by atoms with E-state index >= 15 is 0 Å². The molecular formula is C17H20ClN5O3S.